The number of hydrogen-bond acceptors (Lipinski definition) is 3. The molecule has 0 atom stereocenters. The van der Waals surface area contributed by atoms with Gasteiger partial charge in [0.1, 0.15) is 17.1 Å². The Morgan fingerprint density at radius 2 is 2.05 bits per heavy atom. The summed E-state index contributed by atoms with van der Waals surface area (Å²) in [5.41, 5.74) is 2.19. The highest BCUT2D eigenvalue weighted by Gasteiger charge is 2.14. The van der Waals surface area contributed by atoms with Gasteiger partial charge in [-0.2, -0.15) is 0 Å². The summed E-state index contributed by atoms with van der Waals surface area (Å²) in [6.07, 6.45) is 2.83. The van der Waals surface area contributed by atoms with E-state index in [4.69, 9.17) is 4.74 Å². The summed E-state index contributed by atoms with van der Waals surface area (Å²) in [6, 6.07) is 5.06. The maximum Gasteiger partial charge on any atom is 0.149 e. The van der Waals surface area contributed by atoms with Crippen molar-refractivity contribution in [2.75, 3.05) is 19.0 Å². The topological polar surface area (TPSA) is 34.2 Å². The molecule has 1 aromatic heterocycles. The second-order valence-corrected chi connectivity index (χ2v) is 4.81. The minimum Gasteiger partial charge on any atom is -0.496 e. The fraction of sp³-hybridized carbons (Fsp3) is 0.438. The van der Waals surface area contributed by atoms with Crippen molar-refractivity contribution >= 4 is 16.6 Å². The van der Waals surface area contributed by atoms with Crippen molar-refractivity contribution in [1.29, 1.82) is 0 Å². The third-order valence-corrected chi connectivity index (χ3v) is 3.22. The molecule has 0 unspecified atom stereocenters. The highest BCUT2D eigenvalue weighted by atomic mass is 19.1. The summed E-state index contributed by atoms with van der Waals surface area (Å²) >= 11 is 0. The van der Waals surface area contributed by atoms with Crippen molar-refractivity contribution in [2.24, 2.45) is 0 Å². The molecular formula is C16H21FN2O. The summed E-state index contributed by atoms with van der Waals surface area (Å²) in [5.74, 6) is 0.342. The summed E-state index contributed by atoms with van der Waals surface area (Å²) in [5, 5.41) is 4.07. The van der Waals surface area contributed by atoms with E-state index in [0.29, 0.717) is 11.3 Å². The van der Waals surface area contributed by atoms with Gasteiger partial charge in [0.15, 0.2) is 0 Å². The molecule has 2 aromatic rings. The van der Waals surface area contributed by atoms with Crippen LogP contribution >= 0.6 is 0 Å². The highest BCUT2D eigenvalue weighted by Crippen LogP contribution is 2.33. The number of fused-ring (bicyclic) bond motifs is 1. The van der Waals surface area contributed by atoms with Crippen LogP contribution in [0, 0.1) is 5.82 Å². The molecule has 0 amide bonds. The highest BCUT2D eigenvalue weighted by molar-refractivity contribution is 5.97. The van der Waals surface area contributed by atoms with Gasteiger partial charge in [0.05, 0.1) is 12.5 Å². The van der Waals surface area contributed by atoms with Crippen LogP contribution < -0.4 is 10.1 Å². The Bertz CT molecular complexity index is 599. The van der Waals surface area contributed by atoms with Gasteiger partial charge in [-0.15, -0.1) is 0 Å². The second kappa shape index (κ2) is 6.55. The van der Waals surface area contributed by atoms with Crippen LogP contribution in [0.1, 0.15) is 32.4 Å². The summed E-state index contributed by atoms with van der Waals surface area (Å²) < 4.78 is 19.4. The molecule has 0 aliphatic heterocycles. The van der Waals surface area contributed by atoms with Crippen molar-refractivity contribution in [3.63, 3.8) is 0 Å². The molecule has 0 aliphatic carbocycles. The standard InChI is InChI=1S/C16H21FN2O/c1-4-6-11-10-13(18-9-5-2)15-14(20-3)8-7-12(17)16(15)19-11/h7-8,10H,4-6,9H2,1-3H3,(H,18,19). The molecule has 20 heavy (non-hydrogen) atoms. The van der Waals surface area contributed by atoms with Crippen LogP contribution in [0.5, 0.6) is 5.75 Å². The number of methoxy groups -OCH3 is 1. The molecule has 3 nitrogen and oxygen atoms in total. The summed E-state index contributed by atoms with van der Waals surface area (Å²) in [7, 11) is 1.59. The van der Waals surface area contributed by atoms with E-state index in [-0.39, 0.29) is 5.82 Å². The van der Waals surface area contributed by atoms with E-state index in [1.807, 2.05) is 6.07 Å². The number of aryl methyl sites for hydroxylation is 1. The van der Waals surface area contributed by atoms with Crippen molar-refractivity contribution in [1.82, 2.24) is 4.98 Å². The Balaban J connectivity index is 2.66. The first-order chi connectivity index (χ1) is 9.71. The van der Waals surface area contributed by atoms with E-state index in [9.17, 15) is 4.39 Å². The zero-order valence-corrected chi connectivity index (χ0v) is 12.3. The fourth-order valence-corrected chi connectivity index (χ4v) is 2.28. The van der Waals surface area contributed by atoms with Gasteiger partial charge in [0, 0.05) is 17.9 Å². The first-order valence-corrected chi connectivity index (χ1v) is 7.11. The molecule has 0 spiro atoms. The lowest BCUT2D eigenvalue weighted by molar-refractivity contribution is 0.419. The molecule has 1 aromatic carbocycles. The minimum atomic E-state index is -0.307. The summed E-state index contributed by atoms with van der Waals surface area (Å²) in [6.45, 7) is 5.03. The lowest BCUT2D eigenvalue weighted by atomic mass is 10.1. The molecule has 108 valence electrons. The van der Waals surface area contributed by atoms with E-state index in [1.165, 1.54) is 6.07 Å². The fourth-order valence-electron chi connectivity index (χ4n) is 2.28. The number of aromatic nitrogens is 1. The van der Waals surface area contributed by atoms with Gasteiger partial charge in [-0.25, -0.2) is 9.37 Å². The molecule has 1 N–H and O–H groups in total. The van der Waals surface area contributed by atoms with Gasteiger partial charge in [-0.05, 0) is 31.0 Å². The predicted molar refractivity (Wildman–Crippen MR) is 81.0 cm³/mol. The number of nitrogens with one attached hydrogen (secondary N) is 1. The smallest absolute Gasteiger partial charge is 0.149 e. The maximum absolute atomic E-state index is 14.1. The molecular weight excluding hydrogens is 255 g/mol. The zero-order valence-electron chi connectivity index (χ0n) is 12.3. The van der Waals surface area contributed by atoms with E-state index in [1.54, 1.807) is 13.2 Å². The Hall–Kier alpha value is -1.84. The lowest BCUT2D eigenvalue weighted by Crippen LogP contribution is -2.04. The van der Waals surface area contributed by atoms with Crippen LogP contribution in [0.25, 0.3) is 10.9 Å². The number of hydrogen-bond donors (Lipinski definition) is 1. The number of pyridine rings is 1. The van der Waals surface area contributed by atoms with Gasteiger partial charge in [-0.3, -0.25) is 0 Å². The summed E-state index contributed by atoms with van der Waals surface area (Å²) in [4.78, 5) is 4.45. The van der Waals surface area contributed by atoms with Crippen LogP contribution in [0.2, 0.25) is 0 Å². The molecule has 0 fully saturated rings. The molecule has 0 aliphatic rings. The predicted octanol–water partition coefficient (Wildman–Crippen LogP) is 4.16. The normalized spacial score (nSPS) is 10.8. The molecule has 0 saturated carbocycles. The number of rotatable bonds is 6. The maximum atomic E-state index is 14.1. The SMILES string of the molecule is CCCNc1cc(CCC)nc2c(F)ccc(OC)c12. The average Bonchev–Trinajstić information content (AvgIpc) is 2.46. The zero-order chi connectivity index (χ0) is 14.5. The largest absolute Gasteiger partial charge is 0.496 e. The number of halogens is 1. The van der Waals surface area contributed by atoms with Gasteiger partial charge in [0.25, 0.3) is 0 Å². The lowest BCUT2D eigenvalue weighted by Gasteiger charge is -2.14. The van der Waals surface area contributed by atoms with Crippen LogP contribution in [0.3, 0.4) is 0 Å². The van der Waals surface area contributed by atoms with Crippen molar-refractivity contribution in [3.05, 3.63) is 29.7 Å². The molecule has 0 radical (unpaired) electrons. The van der Waals surface area contributed by atoms with Gasteiger partial charge in [0.2, 0.25) is 0 Å². The molecule has 0 saturated heterocycles. The van der Waals surface area contributed by atoms with Crippen LogP contribution in [0.15, 0.2) is 18.2 Å². The van der Waals surface area contributed by atoms with E-state index in [0.717, 1.165) is 42.6 Å². The minimum absolute atomic E-state index is 0.307. The second-order valence-electron chi connectivity index (χ2n) is 4.81. The van der Waals surface area contributed by atoms with Crippen LogP contribution in [0.4, 0.5) is 10.1 Å². The Kier molecular flexibility index (Phi) is 4.77. The van der Waals surface area contributed by atoms with E-state index >= 15 is 0 Å². The van der Waals surface area contributed by atoms with E-state index in [2.05, 4.69) is 24.1 Å². The number of ether oxygens (including phenoxy) is 1. The number of nitrogens with zero attached hydrogens (tertiary/aromatic N) is 1. The van der Waals surface area contributed by atoms with Gasteiger partial charge in [-0.1, -0.05) is 20.3 Å². The number of anilines is 1. The molecule has 0 bridgehead atoms. The third-order valence-electron chi connectivity index (χ3n) is 3.22. The third kappa shape index (κ3) is 2.84. The quantitative estimate of drug-likeness (QED) is 0.860. The van der Waals surface area contributed by atoms with Crippen molar-refractivity contribution in [3.8, 4) is 5.75 Å². The Morgan fingerprint density at radius 1 is 1.25 bits per heavy atom. The molecule has 2 rings (SSSR count). The van der Waals surface area contributed by atoms with Crippen molar-refractivity contribution < 1.29 is 9.13 Å². The van der Waals surface area contributed by atoms with E-state index < -0.39 is 0 Å². The molecule has 4 heteroatoms. The van der Waals surface area contributed by atoms with Gasteiger partial charge >= 0.3 is 0 Å². The van der Waals surface area contributed by atoms with Gasteiger partial charge < -0.3 is 10.1 Å². The Morgan fingerprint density at radius 3 is 2.70 bits per heavy atom. The van der Waals surface area contributed by atoms with Crippen molar-refractivity contribution in [2.45, 2.75) is 33.1 Å². The first-order valence-electron chi connectivity index (χ1n) is 7.11. The molecule has 1 heterocycles. The van der Waals surface area contributed by atoms with Crippen LogP contribution in [-0.2, 0) is 6.42 Å². The van der Waals surface area contributed by atoms with Crippen LogP contribution in [-0.4, -0.2) is 18.6 Å². The Labute approximate surface area is 119 Å². The number of benzene rings is 1. The monoisotopic (exact) mass is 276 g/mol. The first kappa shape index (κ1) is 14.6. The average molecular weight is 276 g/mol.